The zero-order valence-electron chi connectivity index (χ0n) is 15.7. The topological polar surface area (TPSA) is 44.9 Å². The molecule has 3 rings (SSSR count). The molecule has 2 N–H and O–H groups in total. The van der Waals surface area contributed by atoms with Crippen molar-refractivity contribution in [3.05, 3.63) is 64.8 Å². The Hall–Kier alpha value is -2.55. The van der Waals surface area contributed by atoms with E-state index in [1.54, 1.807) is 0 Å². The van der Waals surface area contributed by atoms with Crippen molar-refractivity contribution in [3.63, 3.8) is 0 Å². The minimum atomic E-state index is -0.0162. The summed E-state index contributed by atoms with van der Waals surface area (Å²) in [6.45, 7) is 10.6. The van der Waals surface area contributed by atoms with Gasteiger partial charge in [-0.1, -0.05) is 50.6 Å². The Morgan fingerprint density at radius 1 is 1.08 bits per heavy atom. The Morgan fingerprint density at radius 3 is 2.52 bits per heavy atom. The molecule has 0 aliphatic carbocycles. The normalized spacial score (nSPS) is 11.7. The highest BCUT2D eigenvalue weighted by atomic mass is 16.1. The highest BCUT2D eigenvalue weighted by molar-refractivity contribution is 5.97. The van der Waals surface area contributed by atoms with Gasteiger partial charge in [-0.25, -0.2) is 0 Å². The van der Waals surface area contributed by atoms with Crippen LogP contribution in [0.4, 0.5) is 5.69 Å². The minimum absolute atomic E-state index is 0.0159. The second-order valence-electron chi connectivity index (χ2n) is 7.80. The summed E-state index contributed by atoms with van der Waals surface area (Å²) in [5.41, 5.74) is 6.44. The molecule has 25 heavy (non-hydrogen) atoms. The summed E-state index contributed by atoms with van der Waals surface area (Å²) in [6.07, 6.45) is 0.369. The molecule has 2 aromatic carbocycles. The molecule has 3 nitrogen and oxygen atoms in total. The van der Waals surface area contributed by atoms with E-state index >= 15 is 0 Å². The SMILES string of the molecule is Cc1ccc2[nH]c(C)c(CC(=O)Nc3ccccc3C(C)(C)C)c2c1. The van der Waals surface area contributed by atoms with Gasteiger partial charge in [-0.3, -0.25) is 4.79 Å². The third kappa shape index (κ3) is 3.60. The van der Waals surface area contributed by atoms with Gasteiger partial charge in [0, 0.05) is 22.3 Å². The zero-order chi connectivity index (χ0) is 18.2. The molecular weight excluding hydrogens is 308 g/mol. The Labute approximate surface area is 149 Å². The van der Waals surface area contributed by atoms with Crippen molar-refractivity contribution in [1.82, 2.24) is 4.98 Å². The average molecular weight is 334 g/mol. The predicted octanol–water partition coefficient (Wildman–Crippen LogP) is 5.26. The summed E-state index contributed by atoms with van der Waals surface area (Å²) in [5.74, 6) is 0.0159. The highest BCUT2D eigenvalue weighted by Crippen LogP contribution is 2.30. The van der Waals surface area contributed by atoms with E-state index in [9.17, 15) is 4.79 Å². The van der Waals surface area contributed by atoms with E-state index in [1.165, 1.54) is 5.56 Å². The van der Waals surface area contributed by atoms with E-state index in [-0.39, 0.29) is 11.3 Å². The number of aryl methyl sites for hydroxylation is 2. The Morgan fingerprint density at radius 2 is 1.80 bits per heavy atom. The summed E-state index contributed by atoms with van der Waals surface area (Å²) >= 11 is 0. The van der Waals surface area contributed by atoms with Gasteiger partial charge in [-0.05, 0) is 48.6 Å². The summed E-state index contributed by atoms with van der Waals surface area (Å²) < 4.78 is 0. The number of anilines is 1. The first-order valence-corrected chi connectivity index (χ1v) is 8.73. The molecule has 0 aliphatic heterocycles. The number of fused-ring (bicyclic) bond motifs is 1. The standard InChI is InChI=1S/C22H26N2O/c1-14-10-11-19-17(12-14)16(15(2)23-19)13-21(25)24-20-9-7-6-8-18(20)22(3,4)5/h6-12,23H,13H2,1-5H3,(H,24,25). The van der Waals surface area contributed by atoms with Gasteiger partial charge in [0.05, 0.1) is 6.42 Å². The third-order valence-corrected chi connectivity index (χ3v) is 4.62. The number of rotatable bonds is 3. The number of aromatic amines is 1. The van der Waals surface area contributed by atoms with Gasteiger partial charge in [0.2, 0.25) is 5.91 Å². The van der Waals surface area contributed by atoms with Crippen LogP contribution in [0.5, 0.6) is 0 Å². The van der Waals surface area contributed by atoms with Crippen molar-refractivity contribution in [2.45, 2.75) is 46.5 Å². The lowest BCUT2D eigenvalue weighted by molar-refractivity contribution is -0.115. The molecule has 3 aromatic rings. The summed E-state index contributed by atoms with van der Waals surface area (Å²) in [6, 6.07) is 14.3. The number of nitrogens with one attached hydrogen (secondary N) is 2. The molecule has 3 heteroatoms. The van der Waals surface area contributed by atoms with Crippen LogP contribution in [0, 0.1) is 13.8 Å². The highest BCUT2D eigenvalue weighted by Gasteiger charge is 2.19. The number of para-hydroxylation sites is 1. The van der Waals surface area contributed by atoms with E-state index in [4.69, 9.17) is 0 Å². The van der Waals surface area contributed by atoms with Gasteiger partial charge in [0.15, 0.2) is 0 Å². The smallest absolute Gasteiger partial charge is 0.228 e. The van der Waals surface area contributed by atoms with E-state index in [0.717, 1.165) is 33.4 Å². The quantitative estimate of drug-likeness (QED) is 0.674. The number of carbonyl (C=O) groups is 1. The maximum absolute atomic E-state index is 12.7. The van der Waals surface area contributed by atoms with Gasteiger partial charge in [0.1, 0.15) is 0 Å². The molecule has 0 aliphatic rings. The molecule has 130 valence electrons. The fourth-order valence-electron chi connectivity index (χ4n) is 3.33. The van der Waals surface area contributed by atoms with Crippen LogP contribution < -0.4 is 5.32 Å². The second-order valence-corrected chi connectivity index (χ2v) is 7.80. The van der Waals surface area contributed by atoms with Crippen LogP contribution in [0.15, 0.2) is 42.5 Å². The van der Waals surface area contributed by atoms with Crippen LogP contribution in [-0.2, 0) is 16.6 Å². The van der Waals surface area contributed by atoms with Gasteiger partial charge < -0.3 is 10.3 Å². The predicted molar refractivity (Wildman–Crippen MR) is 105 cm³/mol. The van der Waals surface area contributed by atoms with Crippen molar-refractivity contribution < 1.29 is 4.79 Å². The molecule has 0 radical (unpaired) electrons. The molecule has 1 aromatic heterocycles. The van der Waals surface area contributed by atoms with E-state index in [0.29, 0.717) is 6.42 Å². The molecule has 1 amide bonds. The average Bonchev–Trinajstić information content (AvgIpc) is 2.82. The van der Waals surface area contributed by atoms with Crippen LogP contribution in [-0.4, -0.2) is 10.9 Å². The zero-order valence-corrected chi connectivity index (χ0v) is 15.7. The largest absolute Gasteiger partial charge is 0.358 e. The van der Waals surface area contributed by atoms with Crippen molar-refractivity contribution in [3.8, 4) is 0 Å². The summed E-state index contributed by atoms with van der Waals surface area (Å²) in [7, 11) is 0. The Balaban J connectivity index is 1.88. The first-order valence-electron chi connectivity index (χ1n) is 8.73. The first kappa shape index (κ1) is 17.3. The summed E-state index contributed by atoms with van der Waals surface area (Å²) in [4.78, 5) is 16.1. The molecule has 0 spiro atoms. The number of carbonyl (C=O) groups excluding carboxylic acids is 1. The fourth-order valence-corrected chi connectivity index (χ4v) is 3.33. The number of H-pyrrole nitrogens is 1. The molecule has 0 saturated heterocycles. The monoisotopic (exact) mass is 334 g/mol. The van der Waals surface area contributed by atoms with Crippen molar-refractivity contribution in [1.29, 1.82) is 0 Å². The van der Waals surface area contributed by atoms with Gasteiger partial charge >= 0.3 is 0 Å². The Kier molecular flexibility index (Phi) is 4.42. The molecule has 1 heterocycles. The van der Waals surface area contributed by atoms with Crippen molar-refractivity contribution >= 4 is 22.5 Å². The number of hydrogen-bond donors (Lipinski definition) is 2. The van der Waals surface area contributed by atoms with Crippen LogP contribution in [0.3, 0.4) is 0 Å². The second kappa shape index (κ2) is 6.40. The number of amides is 1. The third-order valence-electron chi connectivity index (χ3n) is 4.62. The van der Waals surface area contributed by atoms with Crippen LogP contribution in [0.25, 0.3) is 10.9 Å². The van der Waals surface area contributed by atoms with Gasteiger partial charge in [-0.15, -0.1) is 0 Å². The van der Waals surface area contributed by atoms with E-state index in [1.807, 2.05) is 25.1 Å². The van der Waals surface area contributed by atoms with Crippen molar-refractivity contribution in [2.75, 3.05) is 5.32 Å². The van der Waals surface area contributed by atoms with E-state index in [2.05, 4.69) is 62.3 Å². The van der Waals surface area contributed by atoms with Gasteiger partial charge in [0.25, 0.3) is 0 Å². The Bertz CT molecular complexity index is 929. The lowest BCUT2D eigenvalue weighted by atomic mass is 9.86. The first-order chi connectivity index (χ1) is 11.8. The molecular formula is C22H26N2O. The fraction of sp³-hybridized carbons (Fsp3) is 0.318. The maximum atomic E-state index is 12.7. The summed E-state index contributed by atoms with van der Waals surface area (Å²) in [5, 5.41) is 4.24. The van der Waals surface area contributed by atoms with Crippen molar-refractivity contribution in [2.24, 2.45) is 0 Å². The van der Waals surface area contributed by atoms with Crippen LogP contribution >= 0.6 is 0 Å². The lowest BCUT2D eigenvalue weighted by Gasteiger charge is -2.23. The van der Waals surface area contributed by atoms with Crippen LogP contribution in [0.1, 0.15) is 43.2 Å². The number of benzene rings is 2. The molecule has 0 saturated carbocycles. The minimum Gasteiger partial charge on any atom is -0.358 e. The number of hydrogen-bond acceptors (Lipinski definition) is 1. The lowest BCUT2D eigenvalue weighted by Crippen LogP contribution is -2.20. The number of aromatic nitrogens is 1. The van der Waals surface area contributed by atoms with E-state index < -0.39 is 0 Å². The molecule has 0 fully saturated rings. The van der Waals surface area contributed by atoms with Gasteiger partial charge in [-0.2, -0.15) is 0 Å². The molecule has 0 unspecified atom stereocenters. The maximum Gasteiger partial charge on any atom is 0.228 e. The molecule has 0 bridgehead atoms. The molecule has 0 atom stereocenters. The van der Waals surface area contributed by atoms with Crippen LogP contribution in [0.2, 0.25) is 0 Å².